The second-order valence-electron chi connectivity index (χ2n) is 12.7. The van der Waals surface area contributed by atoms with Crippen molar-refractivity contribution < 1.29 is 13.2 Å². The van der Waals surface area contributed by atoms with Gasteiger partial charge in [-0.2, -0.15) is 0 Å². The predicted octanol–water partition coefficient (Wildman–Crippen LogP) is 1.47. The molecule has 0 aromatic carbocycles. The Bertz CT molecular complexity index is 1070. The van der Waals surface area contributed by atoms with Crippen molar-refractivity contribution in [2.24, 2.45) is 16.7 Å². The first-order chi connectivity index (χ1) is 15.6. The van der Waals surface area contributed by atoms with Crippen molar-refractivity contribution in [3.05, 3.63) is 11.6 Å². The summed E-state index contributed by atoms with van der Waals surface area (Å²) in [6, 6.07) is 0.221. The number of hydrogen-bond acceptors (Lipinski definition) is 6. The maximum Gasteiger partial charge on any atom is 0.320 e. The van der Waals surface area contributed by atoms with E-state index in [1.807, 2.05) is 16.7 Å². The maximum absolute atomic E-state index is 12.9. The Morgan fingerprint density at radius 1 is 0.970 bits per heavy atom. The average molecular weight is 475 g/mol. The highest BCUT2D eigenvalue weighted by Crippen LogP contribution is 2.57. The van der Waals surface area contributed by atoms with Crippen LogP contribution in [-0.2, 0) is 9.84 Å². The number of urea groups is 1. The highest BCUT2D eigenvalue weighted by atomic mass is 32.2. The minimum Gasteiger partial charge on any atom is -0.328 e. The minimum atomic E-state index is -2.81. The zero-order valence-corrected chi connectivity index (χ0v) is 20.2. The van der Waals surface area contributed by atoms with E-state index in [2.05, 4.69) is 20.5 Å². The van der Waals surface area contributed by atoms with Crippen molar-refractivity contribution in [2.75, 3.05) is 44.2 Å². The molecular weight excluding hydrogens is 440 g/mol. The number of amides is 2. The Hall–Kier alpha value is -1.68. The van der Waals surface area contributed by atoms with E-state index in [9.17, 15) is 13.2 Å². The standard InChI is InChI=1S/C23H34N6O3S/c1-21(13-33(31,32)14-21)24-8-15-4-22(5-15)9-28(10-22)20(30)29-11-23(12-29)6-17(7-23)19-25-18(26-27-19)16-2-3-16/h15-17,24H,2-14H2,1H3,(H,25,26,27). The molecule has 3 aliphatic heterocycles. The van der Waals surface area contributed by atoms with Crippen LogP contribution in [0.5, 0.6) is 0 Å². The zero-order chi connectivity index (χ0) is 22.6. The van der Waals surface area contributed by atoms with Crippen LogP contribution in [0, 0.1) is 16.7 Å². The number of carbonyl (C=O) groups is 1. The normalized spacial score (nSPS) is 30.8. The molecule has 3 aliphatic carbocycles. The second kappa shape index (κ2) is 6.50. The molecule has 0 unspecified atom stereocenters. The summed E-state index contributed by atoms with van der Waals surface area (Å²) < 4.78 is 22.9. The van der Waals surface area contributed by atoms with E-state index in [1.54, 1.807) is 0 Å². The highest BCUT2D eigenvalue weighted by Gasteiger charge is 2.59. The lowest BCUT2D eigenvalue weighted by molar-refractivity contribution is -0.101. The molecule has 0 radical (unpaired) electrons. The Morgan fingerprint density at radius 3 is 2.06 bits per heavy atom. The topological polar surface area (TPSA) is 111 Å². The van der Waals surface area contributed by atoms with E-state index >= 15 is 0 Å². The number of rotatable bonds is 5. The summed E-state index contributed by atoms with van der Waals surface area (Å²) >= 11 is 0. The van der Waals surface area contributed by atoms with Gasteiger partial charge in [-0.15, -0.1) is 10.2 Å². The van der Waals surface area contributed by atoms with Gasteiger partial charge >= 0.3 is 6.03 Å². The van der Waals surface area contributed by atoms with Crippen LogP contribution in [0.1, 0.15) is 68.9 Å². The molecule has 2 N–H and O–H groups in total. The van der Waals surface area contributed by atoms with Crippen LogP contribution in [0.15, 0.2) is 0 Å². The molecule has 33 heavy (non-hydrogen) atoms. The highest BCUT2D eigenvalue weighted by molar-refractivity contribution is 7.93. The third-order valence-electron chi connectivity index (χ3n) is 9.22. The number of hydrogen-bond donors (Lipinski definition) is 2. The van der Waals surface area contributed by atoms with E-state index in [1.165, 1.54) is 12.8 Å². The van der Waals surface area contributed by atoms with Crippen LogP contribution in [-0.4, -0.2) is 89.2 Å². The number of aromatic nitrogens is 3. The Kier molecular flexibility index (Phi) is 4.07. The van der Waals surface area contributed by atoms with Crippen LogP contribution in [0.3, 0.4) is 0 Å². The van der Waals surface area contributed by atoms with Gasteiger partial charge in [-0.25, -0.2) is 13.2 Å². The van der Waals surface area contributed by atoms with Crippen molar-refractivity contribution in [1.29, 1.82) is 0 Å². The summed E-state index contributed by atoms with van der Waals surface area (Å²) in [7, 11) is -2.81. The van der Waals surface area contributed by atoms with Crippen LogP contribution in [0.25, 0.3) is 0 Å². The van der Waals surface area contributed by atoms with Gasteiger partial charge in [0.2, 0.25) is 0 Å². The smallest absolute Gasteiger partial charge is 0.320 e. The first kappa shape index (κ1) is 20.7. The number of nitrogens with one attached hydrogen (secondary N) is 2. The van der Waals surface area contributed by atoms with Gasteiger partial charge in [-0.1, -0.05) is 0 Å². The average Bonchev–Trinajstić information content (AvgIpc) is 3.33. The van der Waals surface area contributed by atoms with Crippen molar-refractivity contribution in [3.8, 4) is 0 Å². The monoisotopic (exact) mass is 474 g/mol. The molecule has 3 saturated heterocycles. The SMILES string of the molecule is CC1(NCC2CC3(C2)CN(C(=O)N2CC4(CC(c5nnc(C6CC6)[nH]5)C4)C2)C3)CS(=O)(=O)C1. The van der Waals surface area contributed by atoms with Gasteiger partial charge in [0.15, 0.2) is 9.84 Å². The summed E-state index contributed by atoms with van der Waals surface area (Å²) in [5.74, 6) is 4.36. The summed E-state index contributed by atoms with van der Waals surface area (Å²) in [5, 5.41) is 12.2. The van der Waals surface area contributed by atoms with Crippen LogP contribution < -0.4 is 5.32 Å². The Morgan fingerprint density at radius 2 is 1.52 bits per heavy atom. The number of H-pyrrole nitrogens is 1. The molecule has 0 atom stereocenters. The second-order valence-corrected chi connectivity index (χ2v) is 14.8. The van der Waals surface area contributed by atoms with Gasteiger partial charge in [0, 0.05) is 54.4 Å². The van der Waals surface area contributed by atoms with Gasteiger partial charge in [0.1, 0.15) is 11.6 Å². The first-order valence-electron chi connectivity index (χ1n) is 12.5. The fraction of sp³-hybridized carbons (Fsp3) is 0.870. The van der Waals surface area contributed by atoms with E-state index < -0.39 is 9.84 Å². The van der Waals surface area contributed by atoms with Gasteiger partial charge in [-0.3, -0.25) is 0 Å². The summed E-state index contributed by atoms with van der Waals surface area (Å²) in [6.45, 7) is 6.47. The molecule has 4 heterocycles. The number of sulfone groups is 1. The molecule has 1 aromatic heterocycles. The maximum atomic E-state index is 12.9. The zero-order valence-electron chi connectivity index (χ0n) is 19.3. The summed E-state index contributed by atoms with van der Waals surface area (Å²) in [5.41, 5.74) is 0.405. The number of likely N-dealkylation sites (tertiary alicyclic amines) is 2. The van der Waals surface area contributed by atoms with Gasteiger partial charge in [0.05, 0.1) is 11.5 Å². The first-order valence-corrected chi connectivity index (χ1v) is 14.4. The van der Waals surface area contributed by atoms with Crippen LogP contribution >= 0.6 is 0 Å². The molecule has 9 nitrogen and oxygen atoms in total. The largest absolute Gasteiger partial charge is 0.328 e. The van der Waals surface area contributed by atoms with Crippen molar-refractivity contribution >= 4 is 15.9 Å². The number of carbonyl (C=O) groups excluding carboxylic acids is 1. The molecular formula is C23H34N6O3S. The minimum absolute atomic E-state index is 0.221. The lowest BCUT2D eigenvalue weighted by Gasteiger charge is -2.63. The number of aromatic amines is 1. The molecule has 2 spiro atoms. The van der Waals surface area contributed by atoms with Gasteiger partial charge in [-0.05, 0) is 57.9 Å². The van der Waals surface area contributed by atoms with Crippen LogP contribution in [0.2, 0.25) is 0 Å². The molecule has 6 fully saturated rings. The molecule has 2 amide bonds. The fourth-order valence-electron chi connectivity index (χ4n) is 7.44. The van der Waals surface area contributed by atoms with E-state index in [-0.39, 0.29) is 23.1 Å². The van der Waals surface area contributed by atoms with Crippen molar-refractivity contribution in [1.82, 2.24) is 30.3 Å². The lowest BCUT2D eigenvalue weighted by Crippen LogP contribution is -2.71. The molecule has 1 aromatic rings. The quantitative estimate of drug-likeness (QED) is 0.669. The van der Waals surface area contributed by atoms with E-state index in [0.29, 0.717) is 28.6 Å². The Labute approximate surface area is 195 Å². The van der Waals surface area contributed by atoms with E-state index in [0.717, 1.165) is 70.1 Å². The molecule has 6 aliphatic rings. The number of nitrogens with zero attached hydrogens (tertiary/aromatic N) is 4. The predicted molar refractivity (Wildman–Crippen MR) is 122 cm³/mol. The Balaban J connectivity index is 0.824. The van der Waals surface area contributed by atoms with E-state index in [4.69, 9.17) is 0 Å². The van der Waals surface area contributed by atoms with Crippen molar-refractivity contribution in [2.45, 2.75) is 62.8 Å². The molecule has 0 bridgehead atoms. The van der Waals surface area contributed by atoms with Gasteiger partial charge in [0.25, 0.3) is 0 Å². The summed E-state index contributed by atoms with van der Waals surface area (Å²) in [6.07, 6.45) is 7.02. The molecule has 7 rings (SSSR count). The van der Waals surface area contributed by atoms with Gasteiger partial charge < -0.3 is 20.1 Å². The third kappa shape index (κ3) is 3.42. The third-order valence-corrected chi connectivity index (χ3v) is 11.4. The van der Waals surface area contributed by atoms with Crippen LogP contribution in [0.4, 0.5) is 4.79 Å². The van der Waals surface area contributed by atoms with Crippen molar-refractivity contribution in [3.63, 3.8) is 0 Å². The molecule has 3 saturated carbocycles. The fourth-order valence-corrected chi connectivity index (χ4v) is 9.50. The molecule has 180 valence electrons. The lowest BCUT2D eigenvalue weighted by atomic mass is 9.57. The summed E-state index contributed by atoms with van der Waals surface area (Å²) in [4.78, 5) is 20.4. The molecule has 10 heteroatoms.